The van der Waals surface area contributed by atoms with Crippen LogP contribution in [0.15, 0.2) is 0 Å². The molecule has 0 aromatic rings. The summed E-state index contributed by atoms with van der Waals surface area (Å²) < 4.78 is 31.6. The van der Waals surface area contributed by atoms with Crippen molar-refractivity contribution in [1.82, 2.24) is 0 Å². The molecule has 10 heavy (non-hydrogen) atoms. The van der Waals surface area contributed by atoms with Crippen molar-refractivity contribution in [3.8, 4) is 0 Å². The van der Waals surface area contributed by atoms with Crippen molar-refractivity contribution in [2.24, 2.45) is 0 Å². The maximum Gasteiger partial charge on any atom is 3.00 e. The molecule has 0 aliphatic heterocycles. The van der Waals surface area contributed by atoms with E-state index >= 15 is 0 Å². The van der Waals surface area contributed by atoms with E-state index in [1.54, 1.807) is 0 Å². The first-order valence-corrected chi connectivity index (χ1v) is 2.10. The third-order valence-corrected chi connectivity index (χ3v) is 0. The molecule has 0 spiro atoms. The fourth-order valence-corrected chi connectivity index (χ4v) is 0. The Kier molecular flexibility index (Phi) is 69.1. The number of hydrogen-bond acceptors (Lipinski definition) is 2. The Balaban J connectivity index is -0.00000000800. The van der Waals surface area contributed by atoms with Crippen LogP contribution < -0.4 is 0 Å². The molecule has 0 radical (unpaired) electrons. The Morgan fingerprint density at radius 2 is 0.800 bits per heavy atom. The van der Waals surface area contributed by atoms with Gasteiger partial charge >= 0.3 is 81.6 Å². The van der Waals surface area contributed by atoms with E-state index in [1.807, 2.05) is 0 Å². The number of rotatable bonds is 0. The molecule has 0 aromatic carbocycles. The quantitative estimate of drug-likeness (QED) is 0.478. The summed E-state index contributed by atoms with van der Waals surface area (Å²) in [5.41, 5.74) is 0. The molecular weight excluding hydrogens is 422 g/mol. The van der Waals surface area contributed by atoms with Crippen molar-refractivity contribution in [1.29, 1.82) is 0 Å². The third-order valence-electron chi connectivity index (χ3n) is 0. The first-order valence-electron chi connectivity index (χ1n) is 0.698. The van der Waals surface area contributed by atoms with E-state index in [1.165, 1.54) is 0 Å². The van der Waals surface area contributed by atoms with Crippen molar-refractivity contribution in [3.63, 3.8) is 0 Å². The second-order valence-electron chi connectivity index (χ2n) is 0.448. The Morgan fingerprint density at radius 3 is 0.800 bits per heavy atom. The van der Waals surface area contributed by atoms with Crippen LogP contribution >= 0.6 is 0 Å². The van der Waals surface area contributed by atoms with Gasteiger partial charge in [0, 0.05) is 0 Å². The van der Waals surface area contributed by atoms with Crippen LogP contribution in [0.5, 0.6) is 0 Å². The van der Waals surface area contributed by atoms with Crippen LogP contribution in [0.3, 0.4) is 0 Å². The molecule has 0 unspecified atom stereocenters. The summed E-state index contributed by atoms with van der Waals surface area (Å²) in [4.78, 5) is 0. The molecule has 0 rings (SSSR count). The smallest absolute Gasteiger partial charge is 2.00 e. The van der Waals surface area contributed by atoms with Crippen molar-refractivity contribution in [2.45, 2.75) is 0 Å². The van der Waals surface area contributed by atoms with E-state index < -0.39 is 10.4 Å². The summed E-state index contributed by atoms with van der Waals surface area (Å²) in [5.74, 6) is 0. The molecule has 0 bridgehead atoms. The zero-order valence-electron chi connectivity index (χ0n) is 4.50. The van der Waals surface area contributed by atoms with Crippen molar-refractivity contribution < 1.29 is 105 Å². The van der Waals surface area contributed by atoms with Crippen LogP contribution in [0.1, 0.15) is 0 Å². The summed E-state index contributed by atoms with van der Waals surface area (Å²) >= 11 is 0. The summed E-state index contributed by atoms with van der Waals surface area (Å²) in [6, 6.07) is 0. The molecule has 0 amide bonds. The maximum absolute atomic E-state index is 8.74. The average molecular weight is 424 g/mol. The zero-order valence-corrected chi connectivity index (χ0v) is 12.6. The van der Waals surface area contributed by atoms with E-state index in [-0.39, 0.29) is 87.6 Å². The van der Waals surface area contributed by atoms with Gasteiger partial charge < -0.3 is 16.4 Å². The first kappa shape index (κ1) is 40.0. The maximum atomic E-state index is 8.74. The summed E-state index contributed by atoms with van der Waals surface area (Å²) in [5, 5.41) is 0. The van der Waals surface area contributed by atoms with Crippen LogP contribution in [0.2, 0.25) is 0 Å². The van der Waals surface area contributed by atoms with Crippen LogP contribution in [0.25, 0.3) is 0 Å². The topological polar surface area (TPSA) is 160 Å². The largest absolute Gasteiger partial charge is 3.00 e. The average Bonchev–Trinajstić information content (AvgIpc) is 0.722. The van der Waals surface area contributed by atoms with Gasteiger partial charge in [-0.05, 0) is 0 Å². The second kappa shape index (κ2) is 17.3. The van der Waals surface area contributed by atoms with Crippen molar-refractivity contribution in [2.75, 3.05) is 0 Å². The van der Waals surface area contributed by atoms with Crippen LogP contribution in [-0.2, 0) is 26.8 Å². The SMILES string of the molecule is O=S(=O)(O)O.[La+3].[La+3].[O-2].[O-2].[O-2]. The van der Waals surface area contributed by atoms with Gasteiger partial charge in [-0.2, -0.15) is 8.42 Å². The van der Waals surface area contributed by atoms with Crippen molar-refractivity contribution >= 4 is 10.4 Å². The van der Waals surface area contributed by atoms with E-state index in [0.29, 0.717) is 0 Å². The first-order chi connectivity index (χ1) is 2.00. The molecule has 0 aromatic heterocycles. The Hall–Kier alpha value is 2.14. The van der Waals surface area contributed by atoms with E-state index in [0.717, 1.165) is 0 Å². The van der Waals surface area contributed by atoms with Crippen LogP contribution in [-0.4, -0.2) is 17.5 Å². The van der Waals surface area contributed by atoms with Crippen molar-refractivity contribution in [3.05, 3.63) is 0 Å². The minimum atomic E-state index is -4.67. The molecule has 0 saturated heterocycles. The third kappa shape index (κ3) is 185. The summed E-state index contributed by atoms with van der Waals surface area (Å²) in [6.45, 7) is 0. The van der Waals surface area contributed by atoms with Gasteiger partial charge in [0.2, 0.25) is 0 Å². The minimum absolute atomic E-state index is 0. The summed E-state index contributed by atoms with van der Waals surface area (Å²) in [7, 11) is -4.67. The van der Waals surface area contributed by atoms with E-state index in [2.05, 4.69) is 0 Å². The molecule has 0 heterocycles. The molecular formula is H2La2O7S. The van der Waals surface area contributed by atoms with E-state index in [4.69, 9.17) is 17.5 Å². The van der Waals surface area contributed by atoms with Gasteiger partial charge in [-0.1, -0.05) is 0 Å². The Morgan fingerprint density at radius 1 is 0.800 bits per heavy atom. The van der Waals surface area contributed by atoms with Gasteiger partial charge in [-0.15, -0.1) is 0 Å². The Labute approximate surface area is 114 Å². The predicted octanol–water partition coefficient (Wildman–Crippen LogP) is -1.01. The molecule has 2 N–H and O–H groups in total. The van der Waals surface area contributed by atoms with Crippen LogP contribution in [0, 0.1) is 71.2 Å². The Bertz CT molecular complexity index is 94.8. The van der Waals surface area contributed by atoms with Gasteiger partial charge in [0.1, 0.15) is 0 Å². The predicted molar refractivity (Wildman–Crippen MR) is 16.2 cm³/mol. The molecule has 0 aliphatic rings. The van der Waals surface area contributed by atoms with Gasteiger partial charge in [0.15, 0.2) is 0 Å². The molecule has 0 atom stereocenters. The summed E-state index contributed by atoms with van der Waals surface area (Å²) in [6.07, 6.45) is 0. The fraction of sp³-hybridized carbons (Fsp3) is 0. The molecule has 0 fully saturated rings. The zero-order chi connectivity index (χ0) is 4.50. The fourth-order valence-electron chi connectivity index (χ4n) is 0. The molecule has 56 valence electrons. The number of hydrogen-bond donors (Lipinski definition) is 2. The van der Waals surface area contributed by atoms with Gasteiger partial charge in [0.05, 0.1) is 0 Å². The van der Waals surface area contributed by atoms with Crippen LogP contribution in [0.4, 0.5) is 0 Å². The monoisotopic (exact) mass is 424 g/mol. The molecule has 7 nitrogen and oxygen atoms in total. The van der Waals surface area contributed by atoms with Gasteiger partial charge in [-0.3, -0.25) is 9.11 Å². The standard InChI is InChI=1S/2La.H2O4S.3O/c;;1-5(2,3)4;;;/h;;(H2,1,2,3,4);;;/q2*+3;;3*-2. The van der Waals surface area contributed by atoms with Gasteiger partial charge in [-0.25, -0.2) is 0 Å². The minimum Gasteiger partial charge on any atom is -2.00 e. The second-order valence-corrected chi connectivity index (χ2v) is 1.34. The van der Waals surface area contributed by atoms with E-state index in [9.17, 15) is 0 Å². The molecule has 10 heteroatoms. The molecule has 0 saturated carbocycles. The van der Waals surface area contributed by atoms with Gasteiger partial charge in [0.25, 0.3) is 0 Å². The molecule has 0 aliphatic carbocycles. The normalized spacial score (nSPS) is 5.80.